The highest BCUT2D eigenvalue weighted by molar-refractivity contribution is 8.00. The van der Waals surface area contributed by atoms with E-state index in [-0.39, 0.29) is 17.5 Å². The number of thioether (sulfide) groups is 1. The van der Waals surface area contributed by atoms with Crippen LogP contribution in [0.15, 0.2) is 12.7 Å². The monoisotopic (exact) mass is 213 g/mol. The van der Waals surface area contributed by atoms with Gasteiger partial charge in [-0.25, -0.2) is 0 Å². The molecule has 78 valence electrons. The Labute approximate surface area is 80.8 Å². The molecule has 13 heavy (non-hydrogen) atoms. The van der Waals surface area contributed by atoms with Gasteiger partial charge in [-0.2, -0.15) is 13.2 Å². The van der Waals surface area contributed by atoms with Crippen LogP contribution in [0.1, 0.15) is 12.8 Å². The van der Waals surface area contributed by atoms with Crippen molar-refractivity contribution in [2.45, 2.75) is 18.3 Å². The van der Waals surface area contributed by atoms with E-state index in [1.807, 2.05) is 0 Å². The average molecular weight is 213 g/mol. The average Bonchev–Trinajstić information content (AvgIpc) is 2.01. The zero-order valence-corrected chi connectivity index (χ0v) is 8.18. The number of allylic oxidation sites excluding steroid dienone is 1. The number of hydrogen-bond donors (Lipinski definition) is 1. The molecule has 1 N–H and O–H groups in total. The molecular formula is C8H14F3NS. The summed E-state index contributed by atoms with van der Waals surface area (Å²) in [6.07, 6.45) is 3.63. The molecule has 0 rings (SSSR count). The van der Waals surface area contributed by atoms with Crippen LogP contribution in [0.4, 0.5) is 13.2 Å². The molecule has 0 aliphatic carbocycles. The van der Waals surface area contributed by atoms with Gasteiger partial charge in [-0.15, -0.1) is 6.58 Å². The van der Waals surface area contributed by atoms with E-state index >= 15 is 0 Å². The van der Waals surface area contributed by atoms with Gasteiger partial charge in [-0.1, -0.05) is 6.08 Å². The van der Waals surface area contributed by atoms with Gasteiger partial charge in [0, 0.05) is 12.3 Å². The van der Waals surface area contributed by atoms with Crippen molar-refractivity contribution in [2.75, 3.05) is 18.8 Å². The van der Waals surface area contributed by atoms with E-state index in [4.69, 9.17) is 0 Å². The van der Waals surface area contributed by atoms with E-state index in [2.05, 4.69) is 11.9 Å². The van der Waals surface area contributed by atoms with Crippen molar-refractivity contribution in [1.29, 1.82) is 0 Å². The van der Waals surface area contributed by atoms with Crippen LogP contribution in [0.25, 0.3) is 0 Å². The van der Waals surface area contributed by atoms with Crippen molar-refractivity contribution in [1.82, 2.24) is 5.32 Å². The van der Waals surface area contributed by atoms with Crippen LogP contribution in [0.5, 0.6) is 0 Å². The molecule has 5 heteroatoms. The quantitative estimate of drug-likeness (QED) is 0.515. The van der Waals surface area contributed by atoms with E-state index in [0.717, 1.165) is 19.4 Å². The molecule has 0 radical (unpaired) electrons. The van der Waals surface area contributed by atoms with Gasteiger partial charge in [0.05, 0.1) is 0 Å². The van der Waals surface area contributed by atoms with E-state index in [1.54, 1.807) is 6.08 Å². The van der Waals surface area contributed by atoms with Crippen molar-refractivity contribution in [2.24, 2.45) is 0 Å². The maximum absolute atomic E-state index is 11.6. The van der Waals surface area contributed by atoms with Crippen LogP contribution < -0.4 is 5.32 Å². The minimum Gasteiger partial charge on any atom is -0.316 e. The molecule has 0 aliphatic rings. The summed E-state index contributed by atoms with van der Waals surface area (Å²) in [5.74, 6) is 0.0809. The van der Waals surface area contributed by atoms with Gasteiger partial charge in [0.15, 0.2) is 0 Å². The maximum atomic E-state index is 11.6. The zero-order valence-electron chi connectivity index (χ0n) is 7.36. The van der Waals surface area contributed by atoms with Crippen LogP contribution in [0.2, 0.25) is 0 Å². The number of hydrogen-bond acceptors (Lipinski definition) is 2. The lowest BCUT2D eigenvalue weighted by molar-refractivity contribution is -0.0327. The maximum Gasteiger partial charge on any atom is 0.441 e. The molecule has 0 aromatic heterocycles. The van der Waals surface area contributed by atoms with E-state index < -0.39 is 5.51 Å². The van der Waals surface area contributed by atoms with Crippen molar-refractivity contribution < 1.29 is 13.2 Å². The third-order valence-electron chi connectivity index (χ3n) is 1.31. The van der Waals surface area contributed by atoms with Crippen LogP contribution in [-0.4, -0.2) is 24.4 Å². The summed E-state index contributed by atoms with van der Waals surface area (Å²) in [6.45, 7) is 4.70. The molecule has 0 bridgehead atoms. The normalized spacial score (nSPS) is 11.6. The van der Waals surface area contributed by atoms with Crippen LogP contribution in [-0.2, 0) is 0 Å². The predicted octanol–water partition coefficient (Wildman–Crippen LogP) is 2.80. The van der Waals surface area contributed by atoms with Gasteiger partial charge in [0.1, 0.15) is 0 Å². The summed E-state index contributed by atoms with van der Waals surface area (Å²) in [5.41, 5.74) is -4.09. The lowest BCUT2D eigenvalue weighted by Crippen LogP contribution is -2.19. The largest absolute Gasteiger partial charge is 0.441 e. The highest BCUT2D eigenvalue weighted by Gasteiger charge is 2.27. The molecule has 0 fully saturated rings. The standard InChI is InChI=1S/C8H14F3NS/c1-2-3-4-5-12-6-7-13-8(9,10)11/h2,12H,1,3-7H2. The van der Waals surface area contributed by atoms with Crippen LogP contribution >= 0.6 is 11.8 Å². The highest BCUT2D eigenvalue weighted by atomic mass is 32.2. The number of unbranched alkanes of at least 4 members (excludes halogenated alkanes) is 1. The molecular weight excluding hydrogens is 199 g/mol. The molecule has 0 aliphatic heterocycles. The Bertz CT molecular complexity index is 136. The highest BCUT2D eigenvalue weighted by Crippen LogP contribution is 2.29. The lowest BCUT2D eigenvalue weighted by Gasteiger charge is -2.05. The first kappa shape index (κ1) is 12.8. The van der Waals surface area contributed by atoms with Crippen molar-refractivity contribution in [3.63, 3.8) is 0 Å². The number of rotatable bonds is 7. The van der Waals surface area contributed by atoms with Gasteiger partial charge in [-0.05, 0) is 31.1 Å². The van der Waals surface area contributed by atoms with Crippen LogP contribution in [0, 0.1) is 0 Å². The predicted molar refractivity (Wildman–Crippen MR) is 50.8 cm³/mol. The zero-order chi connectivity index (χ0) is 10.2. The second kappa shape index (κ2) is 7.26. The van der Waals surface area contributed by atoms with E-state index in [9.17, 15) is 13.2 Å². The lowest BCUT2D eigenvalue weighted by atomic mass is 10.3. The summed E-state index contributed by atoms with van der Waals surface area (Å²) in [6, 6.07) is 0. The first-order valence-electron chi connectivity index (χ1n) is 4.08. The van der Waals surface area contributed by atoms with Gasteiger partial charge < -0.3 is 5.32 Å². The van der Waals surface area contributed by atoms with Gasteiger partial charge in [-0.3, -0.25) is 0 Å². The topological polar surface area (TPSA) is 12.0 Å². The first-order valence-corrected chi connectivity index (χ1v) is 5.07. The summed E-state index contributed by atoms with van der Waals surface area (Å²) >= 11 is 0.0147. The van der Waals surface area contributed by atoms with Gasteiger partial charge >= 0.3 is 5.51 Å². The molecule has 0 spiro atoms. The number of halogens is 3. The van der Waals surface area contributed by atoms with Crippen molar-refractivity contribution >= 4 is 11.8 Å². The Balaban J connectivity index is 3.04. The van der Waals surface area contributed by atoms with E-state index in [1.165, 1.54) is 0 Å². The Morgan fingerprint density at radius 3 is 2.54 bits per heavy atom. The van der Waals surface area contributed by atoms with Crippen molar-refractivity contribution in [3.05, 3.63) is 12.7 Å². The minimum atomic E-state index is -4.09. The first-order chi connectivity index (χ1) is 6.06. The fourth-order valence-electron chi connectivity index (χ4n) is 0.735. The summed E-state index contributed by atoms with van der Waals surface area (Å²) < 4.78 is 34.8. The minimum absolute atomic E-state index is 0.0147. The molecule has 0 saturated carbocycles. The molecule has 0 atom stereocenters. The fourth-order valence-corrected chi connectivity index (χ4v) is 1.21. The second-order valence-electron chi connectivity index (χ2n) is 2.48. The molecule has 0 aromatic carbocycles. The molecule has 0 unspecified atom stereocenters. The Morgan fingerprint density at radius 1 is 1.31 bits per heavy atom. The third-order valence-corrected chi connectivity index (χ3v) is 2.04. The van der Waals surface area contributed by atoms with Crippen LogP contribution in [0.3, 0.4) is 0 Å². The number of nitrogens with one attached hydrogen (secondary N) is 1. The van der Waals surface area contributed by atoms with E-state index in [0.29, 0.717) is 6.54 Å². The Morgan fingerprint density at radius 2 is 2.00 bits per heavy atom. The third kappa shape index (κ3) is 11.8. The van der Waals surface area contributed by atoms with Gasteiger partial charge in [0.25, 0.3) is 0 Å². The molecule has 1 nitrogen and oxygen atoms in total. The fraction of sp³-hybridized carbons (Fsp3) is 0.750. The van der Waals surface area contributed by atoms with Gasteiger partial charge in [0.2, 0.25) is 0 Å². The summed E-state index contributed by atoms with van der Waals surface area (Å²) in [7, 11) is 0. The smallest absolute Gasteiger partial charge is 0.316 e. The Kier molecular flexibility index (Phi) is 7.17. The second-order valence-corrected chi connectivity index (χ2v) is 3.63. The molecule has 0 aromatic rings. The molecule has 0 saturated heterocycles. The summed E-state index contributed by atoms with van der Waals surface area (Å²) in [4.78, 5) is 0. The Hall–Kier alpha value is -0.160. The number of alkyl halides is 3. The molecule has 0 amide bonds. The SMILES string of the molecule is C=CCCCNCCSC(F)(F)F. The van der Waals surface area contributed by atoms with Crippen molar-refractivity contribution in [3.8, 4) is 0 Å². The molecule has 0 heterocycles. The summed E-state index contributed by atoms with van der Waals surface area (Å²) in [5, 5.41) is 2.92.